The van der Waals surface area contributed by atoms with Gasteiger partial charge >= 0.3 is 0 Å². The predicted octanol–water partition coefficient (Wildman–Crippen LogP) is 1.55. The minimum atomic E-state index is -0.556. The first kappa shape index (κ1) is 11.4. The maximum absolute atomic E-state index is 10.3. The standard InChI is InChI=1S/C12H17NO3/c1-15-10-3-2-6-13-11(10)12(14)9-4-7-16-8-5-9/h2-3,6,9,12,14H,4-5,7-8H2,1H3. The lowest BCUT2D eigenvalue weighted by Crippen LogP contribution is -2.22. The fourth-order valence-electron chi connectivity index (χ4n) is 2.05. The summed E-state index contributed by atoms with van der Waals surface area (Å²) >= 11 is 0. The van der Waals surface area contributed by atoms with Crippen LogP contribution in [0.1, 0.15) is 24.6 Å². The van der Waals surface area contributed by atoms with Gasteiger partial charge in [-0.25, -0.2) is 0 Å². The first-order chi connectivity index (χ1) is 7.83. The van der Waals surface area contributed by atoms with Crippen molar-refractivity contribution >= 4 is 0 Å². The van der Waals surface area contributed by atoms with Crippen molar-refractivity contribution in [3.05, 3.63) is 24.0 Å². The Morgan fingerprint density at radius 2 is 2.25 bits per heavy atom. The van der Waals surface area contributed by atoms with Gasteiger partial charge in [0.15, 0.2) is 0 Å². The van der Waals surface area contributed by atoms with E-state index in [2.05, 4.69) is 4.98 Å². The average molecular weight is 223 g/mol. The van der Waals surface area contributed by atoms with Gasteiger partial charge in [-0.1, -0.05) is 0 Å². The van der Waals surface area contributed by atoms with Gasteiger partial charge in [0, 0.05) is 19.4 Å². The lowest BCUT2D eigenvalue weighted by molar-refractivity contribution is 0.00467. The number of aliphatic hydroxyl groups excluding tert-OH is 1. The summed E-state index contributed by atoms with van der Waals surface area (Å²) < 4.78 is 10.5. The molecule has 4 heteroatoms. The van der Waals surface area contributed by atoms with E-state index in [0.717, 1.165) is 26.1 Å². The Kier molecular flexibility index (Phi) is 3.74. The first-order valence-electron chi connectivity index (χ1n) is 5.57. The zero-order valence-corrected chi connectivity index (χ0v) is 9.43. The number of ether oxygens (including phenoxy) is 2. The highest BCUT2D eigenvalue weighted by atomic mass is 16.5. The van der Waals surface area contributed by atoms with Gasteiger partial charge in [0.1, 0.15) is 17.5 Å². The highest BCUT2D eigenvalue weighted by molar-refractivity contribution is 5.28. The van der Waals surface area contributed by atoms with Crippen LogP contribution in [0.25, 0.3) is 0 Å². The molecule has 0 saturated carbocycles. The van der Waals surface area contributed by atoms with Crippen LogP contribution in [-0.2, 0) is 4.74 Å². The fraction of sp³-hybridized carbons (Fsp3) is 0.583. The normalized spacial score (nSPS) is 19.4. The van der Waals surface area contributed by atoms with Crippen molar-refractivity contribution in [2.45, 2.75) is 18.9 Å². The van der Waals surface area contributed by atoms with Crippen LogP contribution in [0.3, 0.4) is 0 Å². The van der Waals surface area contributed by atoms with Crippen molar-refractivity contribution in [1.82, 2.24) is 4.98 Å². The number of aliphatic hydroxyl groups is 1. The Balaban J connectivity index is 2.15. The van der Waals surface area contributed by atoms with Gasteiger partial charge in [0.2, 0.25) is 0 Å². The molecule has 1 aliphatic rings. The molecule has 0 aliphatic carbocycles. The highest BCUT2D eigenvalue weighted by Gasteiger charge is 2.26. The van der Waals surface area contributed by atoms with Crippen LogP contribution < -0.4 is 4.74 Å². The quantitative estimate of drug-likeness (QED) is 0.844. The molecule has 1 N–H and O–H groups in total. The van der Waals surface area contributed by atoms with E-state index in [-0.39, 0.29) is 5.92 Å². The molecular formula is C12H17NO3. The van der Waals surface area contributed by atoms with Crippen LogP contribution in [0.2, 0.25) is 0 Å². The molecule has 1 aromatic heterocycles. The monoisotopic (exact) mass is 223 g/mol. The summed E-state index contributed by atoms with van der Waals surface area (Å²) in [6.07, 6.45) is 2.88. The molecule has 4 nitrogen and oxygen atoms in total. The topological polar surface area (TPSA) is 51.6 Å². The number of hydrogen-bond donors (Lipinski definition) is 1. The van der Waals surface area contributed by atoms with Gasteiger partial charge in [0.05, 0.1) is 7.11 Å². The third-order valence-electron chi connectivity index (χ3n) is 3.01. The van der Waals surface area contributed by atoms with Crippen molar-refractivity contribution in [3.63, 3.8) is 0 Å². The first-order valence-corrected chi connectivity index (χ1v) is 5.57. The molecule has 0 bridgehead atoms. The summed E-state index contributed by atoms with van der Waals surface area (Å²) in [5.41, 5.74) is 0.636. The highest BCUT2D eigenvalue weighted by Crippen LogP contribution is 2.33. The van der Waals surface area contributed by atoms with E-state index in [4.69, 9.17) is 9.47 Å². The van der Waals surface area contributed by atoms with E-state index in [1.54, 1.807) is 19.4 Å². The molecule has 0 aromatic carbocycles. The van der Waals surface area contributed by atoms with E-state index >= 15 is 0 Å². The molecule has 2 heterocycles. The Hall–Kier alpha value is -1.13. The van der Waals surface area contributed by atoms with Crippen LogP contribution in [0.5, 0.6) is 5.75 Å². The molecule has 1 aliphatic heterocycles. The van der Waals surface area contributed by atoms with E-state index < -0.39 is 6.10 Å². The van der Waals surface area contributed by atoms with E-state index in [1.165, 1.54) is 0 Å². The summed E-state index contributed by atoms with van der Waals surface area (Å²) in [4.78, 5) is 4.21. The third-order valence-corrected chi connectivity index (χ3v) is 3.01. The van der Waals surface area contributed by atoms with Crippen molar-refractivity contribution < 1.29 is 14.6 Å². The molecule has 2 rings (SSSR count). The Bertz CT molecular complexity index is 337. The fourth-order valence-corrected chi connectivity index (χ4v) is 2.05. The predicted molar refractivity (Wildman–Crippen MR) is 59.3 cm³/mol. The number of aromatic nitrogens is 1. The molecule has 0 radical (unpaired) electrons. The number of rotatable bonds is 3. The van der Waals surface area contributed by atoms with Crippen LogP contribution in [0.4, 0.5) is 0 Å². The van der Waals surface area contributed by atoms with Gasteiger partial charge in [-0.3, -0.25) is 4.98 Å². The Morgan fingerprint density at radius 1 is 1.50 bits per heavy atom. The van der Waals surface area contributed by atoms with Crippen molar-refractivity contribution in [2.24, 2.45) is 5.92 Å². The Morgan fingerprint density at radius 3 is 2.94 bits per heavy atom. The molecule has 1 aromatic rings. The van der Waals surface area contributed by atoms with Gasteiger partial charge in [0.25, 0.3) is 0 Å². The van der Waals surface area contributed by atoms with Crippen LogP contribution in [-0.4, -0.2) is 30.4 Å². The lowest BCUT2D eigenvalue weighted by atomic mass is 9.91. The summed E-state index contributed by atoms with van der Waals surface area (Å²) in [5.74, 6) is 0.874. The van der Waals surface area contributed by atoms with Gasteiger partial charge in [-0.2, -0.15) is 0 Å². The summed E-state index contributed by atoms with van der Waals surface area (Å²) in [6.45, 7) is 1.44. The minimum absolute atomic E-state index is 0.220. The smallest absolute Gasteiger partial charge is 0.143 e. The van der Waals surface area contributed by atoms with E-state index in [9.17, 15) is 5.11 Å². The maximum Gasteiger partial charge on any atom is 0.143 e. The molecule has 1 saturated heterocycles. The maximum atomic E-state index is 10.3. The minimum Gasteiger partial charge on any atom is -0.495 e. The van der Waals surface area contributed by atoms with Gasteiger partial charge < -0.3 is 14.6 Å². The zero-order chi connectivity index (χ0) is 11.4. The number of hydrogen-bond acceptors (Lipinski definition) is 4. The second-order valence-corrected chi connectivity index (χ2v) is 3.99. The number of nitrogens with zero attached hydrogens (tertiary/aromatic N) is 1. The average Bonchev–Trinajstić information content (AvgIpc) is 2.39. The second kappa shape index (κ2) is 5.27. The van der Waals surface area contributed by atoms with Gasteiger partial charge in [-0.05, 0) is 30.9 Å². The molecule has 0 amide bonds. The second-order valence-electron chi connectivity index (χ2n) is 3.99. The molecule has 88 valence electrons. The van der Waals surface area contributed by atoms with Crippen LogP contribution >= 0.6 is 0 Å². The summed E-state index contributed by atoms with van der Waals surface area (Å²) in [5, 5.41) is 10.3. The van der Waals surface area contributed by atoms with Crippen LogP contribution in [0, 0.1) is 5.92 Å². The molecule has 0 spiro atoms. The van der Waals surface area contributed by atoms with Crippen molar-refractivity contribution in [2.75, 3.05) is 20.3 Å². The molecular weight excluding hydrogens is 206 g/mol. The van der Waals surface area contributed by atoms with E-state index in [0.29, 0.717) is 11.4 Å². The SMILES string of the molecule is COc1cccnc1C(O)C1CCOCC1. The Labute approximate surface area is 95.2 Å². The zero-order valence-electron chi connectivity index (χ0n) is 9.43. The molecule has 16 heavy (non-hydrogen) atoms. The summed E-state index contributed by atoms with van der Waals surface area (Å²) in [7, 11) is 1.59. The van der Waals surface area contributed by atoms with Crippen molar-refractivity contribution in [1.29, 1.82) is 0 Å². The third kappa shape index (κ3) is 2.33. The molecule has 1 fully saturated rings. The van der Waals surface area contributed by atoms with E-state index in [1.807, 2.05) is 6.07 Å². The summed E-state index contributed by atoms with van der Waals surface area (Å²) in [6, 6.07) is 3.63. The number of methoxy groups -OCH3 is 1. The van der Waals surface area contributed by atoms with Gasteiger partial charge in [-0.15, -0.1) is 0 Å². The lowest BCUT2D eigenvalue weighted by Gasteiger charge is -2.26. The van der Waals surface area contributed by atoms with Crippen LogP contribution in [0.15, 0.2) is 18.3 Å². The molecule has 1 atom stereocenters. The molecule has 1 unspecified atom stereocenters. The number of pyridine rings is 1. The van der Waals surface area contributed by atoms with Crippen molar-refractivity contribution in [3.8, 4) is 5.75 Å². The largest absolute Gasteiger partial charge is 0.495 e.